The summed E-state index contributed by atoms with van der Waals surface area (Å²) in [4.78, 5) is 27.9. The van der Waals surface area contributed by atoms with E-state index in [-0.39, 0.29) is 5.91 Å². The van der Waals surface area contributed by atoms with Crippen LogP contribution in [0.1, 0.15) is 27.3 Å². The van der Waals surface area contributed by atoms with Gasteiger partial charge in [0.25, 0.3) is 5.91 Å². The minimum absolute atomic E-state index is 0.0752. The van der Waals surface area contributed by atoms with Crippen LogP contribution < -0.4 is 4.90 Å². The zero-order valence-corrected chi connectivity index (χ0v) is 22.9. The van der Waals surface area contributed by atoms with Crippen LogP contribution in [0.25, 0.3) is 27.5 Å². The highest BCUT2D eigenvalue weighted by molar-refractivity contribution is 6.07. The third-order valence-electron chi connectivity index (χ3n) is 7.82. The van der Waals surface area contributed by atoms with Crippen molar-refractivity contribution in [1.29, 1.82) is 0 Å². The first-order chi connectivity index (χ1) is 20.1. The zero-order chi connectivity index (χ0) is 27.8. The molecule has 0 saturated carbocycles. The third kappa shape index (κ3) is 4.80. The molecule has 1 aliphatic heterocycles. The lowest BCUT2D eigenvalue weighted by atomic mass is 10.0. The number of fused-ring (bicyclic) bond motifs is 2. The zero-order valence-electron chi connectivity index (χ0n) is 22.9. The Morgan fingerprint density at radius 1 is 0.756 bits per heavy atom. The smallest absolute Gasteiger partial charge is 0.254 e. The van der Waals surface area contributed by atoms with Crippen molar-refractivity contribution in [3.8, 4) is 5.69 Å². The SMILES string of the molecule is Cc1ccc(Cc2nc(N3CCN(C(=O)c4cccc5ccccc45)CC3)c3cnn(-c4ccccc4)c3n2)cc1. The molecule has 1 amide bonds. The van der Waals surface area contributed by atoms with Gasteiger partial charge in [-0.2, -0.15) is 5.10 Å². The summed E-state index contributed by atoms with van der Waals surface area (Å²) in [6, 6.07) is 32.6. The summed E-state index contributed by atoms with van der Waals surface area (Å²) < 4.78 is 1.89. The van der Waals surface area contributed by atoms with Crippen LogP contribution in [0.15, 0.2) is 103 Å². The topological polar surface area (TPSA) is 67.2 Å². The van der Waals surface area contributed by atoms with Gasteiger partial charge in [0, 0.05) is 38.2 Å². The van der Waals surface area contributed by atoms with Gasteiger partial charge in [0.05, 0.1) is 17.3 Å². The van der Waals surface area contributed by atoms with Crippen molar-refractivity contribution in [2.75, 3.05) is 31.1 Å². The Bertz CT molecular complexity index is 1850. The van der Waals surface area contributed by atoms with E-state index in [0.29, 0.717) is 32.6 Å². The lowest BCUT2D eigenvalue weighted by Crippen LogP contribution is -2.49. The van der Waals surface area contributed by atoms with E-state index >= 15 is 0 Å². The van der Waals surface area contributed by atoms with Crippen LogP contribution in [-0.4, -0.2) is 56.7 Å². The molecule has 3 heterocycles. The average molecular weight is 539 g/mol. The Labute approximate surface area is 238 Å². The van der Waals surface area contributed by atoms with Gasteiger partial charge >= 0.3 is 0 Å². The van der Waals surface area contributed by atoms with Crippen molar-refractivity contribution in [2.24, 2.45) is 0 Å². The molecule has 0 radical (unpaired) electrons. The molecule has 7 heteroatoms. The van der Waals surface area contributed by atoms with Crippen molar-refractivity contribution in [3.63, 3.8) is 0 Å². The fourth-order valence-electron chi connectivity index (χ4n) is 5.61. The van der Waals surface area contributed by atoms with E-state index in [1.165, 1.54) is 5.56 Å². The molecule has 7 rings (SSSR count). The maximum Gasteiger partial charge on any atom is 0.254 e. The van der Waals surface area contributed by atoms with Crippen LogP contribution in [-0.2, 0) is 6.42 Å². The highest BCUT2D eigenvalue weighted by Gasteiger charge is 2.26. The number of carbonyl (C=O) groups is 1. The van der Waals surface area contributed by atoms with E-state index in [1.54, 1.807) is 0 Å². The molecular formula is C34H30N6O. The van der Waals surface area contributed by atoms with Gasteiger partial charge < -0.3 is 9.80 Å². The van der Waals surface area contributed by atoms with Gasteiger partial charge in [-0.05, 0) is 41.5 Å². The van der Waals surface area contributed by atoms with Crippen molar-refractivity contribution < 1.29 is 4.79 Å². The van der Waals surface area contributed by atoms with E-state index in [2.05, 4.69) is 36.1 Å². The molecular weight excluding hydrogens is 508 g/mol. The summed E-state index contributed by atoms with van der Waals surface area (Å²) in [5, 5.41) is 7.70. The molecule has 0 bridgehead atoms. The van der Waals surface area contributed by atoms with Gasteiger partial charge in [-0.15, -0.1) is 0 Å². The molecule has 2 aromatic heterocycles. The number of para-hydroxylation sites is 1. The summed E-state index contributed by atoms with van der Waals surface area (Å²) in [5.41, 5.74) is 4.89. The van der Waals surface area contributed by atoms with E-state index < -0.39 is 0 Å². The molecule has 202 valence electrons. The number of aromatic nitrogens is 4. The number of nitrogens with zero attached hydrogens (tertiary/aromatic N) is 6. The molecule has 7 nitrogen and oxygen atoms in total. The van der Waals surface area contributed by atoms with Gasteiger partial charge in [0.1, 0.15) is 11.6 Å². The van der Waals surface area contributed by atoms with Crippen LogP contribution >= 0.6 is 0 Å². The summed E-state index contributed by atoms with van der Waals surface area (Å²) >= 11 is 0. The quantitative estimate of drug-likeness (QED) is 0.276. The molecule has 4 aromatic carbocycles. The van der Waals surface area contributed by atoms with Gasteiger partial charge in [0.2, 0.25) is 0 Å². The molecule has 1 fully saturated rings. The normalized spacial score (nSPS) is 13.7. The standard InChI is InChI=1S/C34H30N6O/c1-24-14-16-25(17-15-24)22-31-36-32(30-23-35-40(33(30)37-31)27-10-3-2-4-11-27)38-18-20-39(21-19-38)34(41)29-13-7-9-26-8-5-6-12-28(26)29/h2-17,23H,18-22H2,1H3. The van der Waals surface area contributed by atoms with Crippen molar-refractivity contribution in [1.82, 2.24) is 24.6 Å². The Morgan fingerprint density at radius 2 is 1.49 bits per heavy atom. The van der Waals surface area contributed by atoms with E-state index in [9.17, 15) is 4.79 Å². The monoisotopic (exact) mass is 538 g/mol. The second-order valence-corrected chi connectivity index (χ2v) is 10.6. The first kappa shape index (κ1) is 25.0. The molecule has 0 aliphatic carbocycles. The van der Waals surface area contributed by atoms with E-state index in [1.807, 2.05) is 88.6 Å². The molecule has 0 N–H and O–H groups in total. The fourth-order valence-corrected chi connectivity index (χ4v) is 5.61. The van der Waals surface area contributed by atoms with Gasteiger partial charge in [-0.25, -0.2) is 14.6 Å². The number of hydrogen-bond acceptors (Lipinski definition) is 5. The summed E-state index contributed by atoms with van der Waals surface area (Å²) in [7, 11) is 0. The maximum atomic E-state index is 13.6. The van der Waals surface area contributed by atoms with Crippen LogP contribution in [0, 0.1) is 6.92 Å². The molecule has 1 aliphatic rings. The molecule has 41 heavy (non-hydrogen) atoms. The third-order valence-corrected chi connectivity index (χ3v) is 7.82. The van der Waals surface area contributed by atoms with Crippen LogP contribution in [0.3, 0.4) is 0 Å². The minimum Gasteiger partial charge on any atom is -0.352 e. The number of aryl methyl sites for hydroxylation is 1. The maximum absolute atomic E-state index is 13.6. The average Bonchev–Trinajstić information content (AvgIpc) is 3.46. The van der Waals surface area contributed by atoms with Crippen molar-refractivity contribution >= 4 is 33.5 Å². The van der Waals surface area contributed by atoms with Crippen molar-refractivity contribution in [2.45, 2.75) is 13.3 Å². The van der Waals surface area contributed by atoms with E-state index in [0.717, 1.165) is 50.3 Å². The number of piperazine rings is 1. The first-order valence-corrected chi connectivity index (χ1v) is 14.0. The Hall–Kier alpha value is -5.04. The largest absolute Gasteiger partial charge is 0.352 e. The summed E-state index contributed by atoms with van der Waals surface area (Å²) in [5.74, 6) is 1.70. The predicted molar refractivity (Wildman–Crippen MR) is 163 cm³/mol. The lowest BCUT2D eigenvalue weighted by Gasteiger charge is -2.36. The molecule has 0 spiro atoms. The highest BCUT2D eigenvalue weighted by atomic mass is 16.2. The second kappa shape index (κ2) is 10.5. The number of amides is 1. The first-order valence-electron chi connectivity index (χ1n) is 14.0. The second-order valence-electron chi connectivity index (χ2n) is 10.6. The minimum atomic E-state index is 0.0752. The van der Waals surface area contributed by atoms with Gasteiger partial charge in [-0.1, -0.05) is 84.4 Å². The van der Waals surface area contributed by atoms with Gasteiger partial charge in [0.15, 0.2) is 5.65 Å². The van der Waals surface area contributed by atoms with Crippen LogP contribution in [0.4, 0.5) is 5.82 Å². The molecule has 1 saturated heterocycles. The van der Waals surface area contributed by atoms with Gasteiger partial charge in [-0.3, -0.25) is 4.79 Å². The van der Waals surface area contributed by atoms with E-state index in [4.69, 9.17) is 15.1 Å². The Kier molecular flexibility index (Phi) is 6.39. The van der Waals surface area contributed by atoms with Crippen LogP contribution in [0.5, 0.6) is 0 Å². The number of benzene rings is 4. The van der Waals surface area contributed by atoms with Crippen molar-refractivity contribution in [3.05, 3.63) is 126 Å². The number of hydrogen-bond donors (Lipinski definition) is 0. The Morgan fingerprint density at radius 3 is 2.29 bits per heavy atom. The highest BCUT2D eigenvalue weighted by Crippen LogP contribution is 2.28. The number of carbonyl (C=O) groups excluding carboxylic acids is 1. The van der Waals surface area contributed by atoms with Crippen LogP contribution in [0.2, 0.25) is 0 Å². The summed E-state index contributed by atoms with van der Waals surface area (Å²) in [6.45, 7) is 4.70. The molecule has 0 unspecified atom stereocenters. The predicted octanol–water partition coefficient (Wildman–Crippen LogP) is 5.83. The molecule has 0 atom stereocenters. The lowest BCUT2D eigenvalue weighted by molar-refractivity contribution is 0.0748. The number of anilines is 1. The molecule has 6 aromatic rings. The summed E-state index contributed by atoms with van der Waals surface area (Å²) in [6.07, 6.45) is 2.49. The fraction of sp³-hybridized carbons (Fsp3) is 0.176. The number of rotatable bonds is 5. The Balaban J connectivity index is 1.20.